The van der Waals surface area contributed by atoms with Crippen LogP contribution in [-0.4, -0.2) is 47.0 Å². The molecule has 5 heteroatoms. The number of hydrogen-bond acceptors (Lipinski definition) is 3. The summed E-state index contributed by atoms with van der Waals surface area (Å²) >= 11 is 1.75. The van der Waals surface area contributed by atoms with E-state index in [2.05, 4.69) is 24.4 Å². The number of hydrogen-bond donors (Lipinski definition) is 2. The van der Waals surface area contributed by atoms with Crippen molar-refractivity contribution in [3.05, 3.63) is 30.3 Å². The van der Waals surface area contributed by atoms with Gasteiger partial charge in [0.05, 0.1) is 6.61 Å². The van der Waals surface area contributed by atoms with Crippen LogP contribution in [0.5, 0.6) is 0 Å². The van der Waals surface area contributed by atoms with Crippen molar-refractivity contribution >= 4 is 17.8 Å². The molecule has 0 aliphatic heterocycles. The van der Waals surface area contributed by atoms with E-state index < -0.39 is 0 Å². The highest BCUT2D eigenvalue weighted by Gasteiger charge is 2.32. The van der Waals surface area contributed by atoms with Crippen LogP contribution in [0, 0.1) is 0 Å². The molecule has 0 spiro atoms. The lowest BCUT2D eigenvalue weighted by atomic mass is 10.4. The zero-order chi connectivity index (χ0) is 14.4. The summed E-state index contributed by atoms with van der Waals surface area (Å²) in [6.07, 6.45) is 2.11. The molecule has 0 bridgehead atoms. The first kappa shape index (κ1) is 15.2. The average molecular weight is 294 g/mol. The summed E-state index contributed by atoms with van der Waals surface area (Å²) in [6, 6.07) is 10.5. The molecule has 1 saturated carbocycles. The number of urea groups is 1. The first-order chi connectivity index (χ1) is 9.70. The second-order valence-electron chi connectivity index (χ2n) is 5.08. The summed E-state index contributed by atoms with van der Waals surface area (Å²) in [6.45, 7) is 3.19. The van der Waals surface area contributed by atoms with Crippen molar-refractivity contribution in [1.82, 2.24) is 10.2 Å². The van der Waals surface area contributed by atoms with Gasteiger partial charge in [-0.2, -0.15) is 0 Å². The molecule has 0 aromatic heterocycles. The molecule has 2 N–H and O–H groups in total. The van der Waals surface area contributed by atoms with Crippen molar-refractivity contribution in [2.45, 2.75) is 36.0 Å². The van der Waals surface area contributed by atoms with E-state index in [0.717, 1.165) is 12.8 Å². The quantitative estimate of drug-likeness (QED) is 0.759. The van der Waals surface area contributed by atoms with E-state index in [1.54, 1.807) is 16.7 Å². The zero-order valence-corrected chi connectivity index (χ0v) is 12.6. The smallest absolute Gasteiger partial charge is 0.317 e. The fraction of sp³-hybridized carbons (Fsp3) is 0.533. The molecule has 0 saturated heterocycles. The summed E-state index contributed by atoms with van der Waals surface area (Å²) < 4.78 is 0. The van der Waals surface area contributed by atoms with E-state index in [4.69, 9.17) is 5.11 Å². The monoisotopic (exact) mass is 294 g/mol. The molecule has 1 aromatic rings. The van der Waals surface area contributed by atoms with E-state index >= 15 is 0 Å². The standard InChI is InChI=1S/C15H22N2O2S/c1-12(20-14-5-3-2-4-6-14)11-16-15(19)17(9-10-18)13-7-8-13/h2-6,12-13,18H,7-11H2,1H3,(H,16,19). The summed E-state index contributed by atoms with van der Waals surface area (Å²) in [5.74, 6) is 0. The van der Waals surface area contributed by atoms with Gasteiger partial charge in [0.15, 0.2) is 0 Å². The van der Waals surface area contributed by atoms with Gasteiger partial charge in [0.25, 0.3) is 0 Å². The largest absolute Gasteiger partial charge is 0.395 e. The zero-order valence-electron chi connectivity index (χ0n) is 11.8. The van der Waals surface area contributed by atoms with E-state index in [0.29, 0.717) is 24.4 Å². The van der Waals surface area contributed by atoms with Gasteiger partial charge in [-0.25, -0.2) is 4.79 Å². The molecular weight excluding hydrogens is 272 g/mol. The maximum absolute atomic E-state index is 12.1. The third-order valence-corrected chi connectivity index (χ3v) is 4.32. The van der Waals surface area contributed by atoms with Crippen LogP contribution >= 0.6 is 11.8 Å². The molecule has 2 amide bonds. The Labute approximate surface area is 124 Å². The lowest BCUT2D eigenvalue weighted by Crippen LogP contribution is -2.44. The van der Waals surface area contributed by atoms with Crippen LogP contribution in [-0.2, 0) is 0 Å². The Morgan fingerprint density at radius 2 is 2.15 bits per heavy atom. The van der Waals surface area contributed by atoms with Gasteiger partial charge in [-0.1, -0.05) is 25.1 Å². The Morgan fingerprint density at radius 3 is 2.75 bits per heavy atom. The van der Waals surface area contributed by atoms with Crippen LogP contribution < -0.4 is 5.32 Å². The molecule has 1 aliphatic rings. The SMILES string of the molecule is CC(CNC(=O)N(CCO)C1CC1)Sc1ccccc1. The van der Waals surface area contributed by atoms with Crippen LogP contribution in [0.3, 0.4) is 0 Å². The van der Waals surface area contributed by atoms with Crippen LogP contribution in [0.1, 0.15) is 19.8 Å². The van der Waals surface area contributed by atoms with E-state index in [1.807, 2.05) is 18.2 Å². The summed E-state index contributed by atoms with van der Waals surface area (Å²) in [4.78, 5) is 15.0. The fourth-order valence-electron chi connectivity index (χ4n) is 2.05. The van der Waals surface area contributed by atoms with Crippen LogP contribution in [0.2, 0.25) is 0 Å². The molecule has 1 aromatic carbocycles. The van der Waals surface area contributed by atoms with Crippen molar-refractivity contribution in [2.75, 3.05) is 19.7 Å². The Bertz CT molecular complexity index is 423. The molecule has 1 unspecified atom stereocenters. The highest BCUT2D eigenvalue weighted by molar-refractivity contribution is 8.00. The van der Waals surface area contributed by atoms with E-state index in [-0.39, 0.29) is 12.6 Å². The van der Waals surface area contributed by atoms with Crippen molar-refractivity contribution in [2.24, 2.45) is 0 Å². The predicted molar refractivity (Wildman–Crippen MR) is 82.0 cm³/mol. The number of nitrogens with zero attached hydrogens (tertiary/aromatic N) is 1. The third kappa shape index (κ3) is 4.72. The number of amides is 2. The molecule has 110 valence electrons. The number of nitrogens with one attached hydrogen (secondary N) is 1. The maximum atomic E-state index is 12.1. The van der Waals surface area contributed by atoms with Gasteiger partial charge in [-0.05, 0) is 25.0 Å². The van der Waals surface area contributed by atoms with Crippen molar-refractivity contribution in [1.29, 1.82) is 0 Å². The predicted octanol–water partition coefficient (Wildman–Crippen LogP) is 2.33. The topological polar surface area (TPSA) is 52.6 Å². The van der Waals surface area contributed by atoms with Gasteiger partial charge in [0, 0.05) is 29.3 Å². The molecule has 20 heavy (non-hydrogen) atoms. The van der Waals surface area contributed by atoms with Crippen molar-refractivity contribution in [3.63, 3.8) is 0 Å². The second kappa shape index (κ2) is 7.55. The Balaban J connectivity index is 1.74. The van der Waals surface area contributed by atoms with Crippen molar-refractivity contribution < 1.29 is 9.90 Å². The number of carbonyl (C=O) groups excluding carboxylic acids is 1. The number of aliphatic hydroxyl groups is 1. The fourth-order valence-corrected chi connectivity index (χ4v) is 3.00. The van der Waals surface area contributed by atoms with Crippen molar-refractivity contribution in [3.8, 4) is 0 Å². The van der Waals surface area contributed by atoms with Crippen LogP contribution in [0.25, 0.3) is 0 Å². The average Bonchev–Trinajstić information content (AvgIpc) is 3.28. The minimum atomic E-state index is -0.0536. The Hall–Kier alpha value is -1.20. The number of aliphatic hydroxyl groups excluding tert-OH is 1. The van der Waals surface area contributed by atoms with Gasteiger partial charge in [0.1, 0.15) is 0 Å². The minimum absolute atomic E-state index is 0.0260. The normalized spacial score (nSPS) is 15.7. The Morgan fingerprint density at radius 1 is 1.45 bits per heavy atom. The molecule has 0 heterocycles. The van der Waals surface area contributed by atoms with Crippen LogP contribution in [0.4, 0.5) is 4.79 Å². The third-order valence-electron chi connectivity index (χ3n) is 3.21. The van der Waals surface area contributed by atoms with Gasteiger partial charge < -0.3 is 15.3 Å². The summed E-state index contributed by atoms with van der Waals surface area (Å²) in [5.41, 5.74) is 0. The van der Waals surface area contributed by atoms with Gasteiger partial charge in [0.2, 0.25) is 0 Å². The first-order valence-electron chi connectivity index (χ1n) is 7.07. The van der Waals surface area contributed by atoms with E-state index in [1.165, 1.54) is 4.90 Å². The first-order valence-corrected chi connectivity index (χ1v) is 7.95. The van der Waals surface area contributed by atoms with E-state index in [9.17, 15) is 4.79 Å². The van der Waals surface area contributed by atoms with Gasteiger partial charge in [-0.15, -0.1) is 11.8 Å². The molecule has 1 fully saturated rings. The Kier molecular flexibility index (Phi) is 5.73. The molecular formula is C15H22N2O2S. The summed E-state index contributed by atoms with van der Waals surface area (Å²) in [5, 5.41) is 12.3. The maximum Gasteiger partial charge on any atom is 0.317 e. The lowest BCUT2D eigenvalue weighted by Gasteiger charge is -2.23. The number of rotatable bonds is 7. The highest BCUT2D eigenvalue weighted by atomic mass is 32.2. The van der Waals surface area contributed by atoms with Gasteiger partial charge in [-0.3, -0.25) is 0 Å². The highest BCUT2D eigenvalue weighted by Crippen LogP contribution is 2.26. The molecule has 0 radical (unpaired) electrons. The second-order valence-corrected chi connectivity index (χ2v) is 6.59. The number of benzene rings is 1. The number of thioether (sulfide) groups is 1. The molecule has 4 nitrogen and oxygen atoms in total. The minimum Gasteiger partial charge on any atom is -0.395 e. The lowest BCUT2D eigenvalue weighted by molar-refractivity contribution is 0.174. The van der Waals surface area contributed by atoms with Crippen LogP contribution in [0.15, 0.2) is 35.2 Å². The summed E-state index contributed by atoms with van der Waals surface area (Å²) in [7, 11) is 0. The molecule has 2 rings (SSSR count). The van der Waals surface area contributed by atoms with Gasteiger partial charge >= 0.3 is 6.03 Å². The molecule has 1 aliphatic carbocycles. The molecule has 1 atom stereocenters. The number of carbonyl (C=O) groups is 1.